The van der Waals surface area contributed by atoms with E-state index in [0.29, 0.717) is 23.7 Å². The van der Waals surface area contributed by atoms with Crippen molar-refractivity contribution >= 4 is 0 Å². The largest absolute Gasteiger partial charge is 0.457 e. The van der Waals surface area contributed by atoms with Crippen LogP contribution in [-0.2, 0) is 0 Å². The molecule has 3 nitrogen and oxygen atoms in total. The SMILES string of the molecule is CCCC(C)(O)C1=COc2ccccc2O1. The van der Waals surface area contributed by atoms with Gasteiger partial charge in [-0.1, -0.05) is 25.5 Å². The molecule has 1 aliphatic rings. The maximum absolute atomic E-state index is 10.2. The van der Waals surface area contributed by atoms with Crippen LogP contribution in [0.15, 0.2) is 36.3 Å². The quantitative estimate of drug-likeness (QED) is 0.851. The monoisotopic (exact) mass is 220 g/mol. The predicted molar refractivity (Wildman–Crippen MR) is 61.3 cm³/mol. The van der Waals surface area contributed by atoms with Gasteiger partial charge in [-0.25, -0.2) is 0 Å². The Hall–Kier alpha value is -1.48. The number of benzene rings is 1. The summed E-state index contributed by atoms with van der Waals surface area (Å²) in [5.41, 5.74) is -0.970. The molecular weight excluding hydrogens is 204 g/mol. The number of hydrogen-bond donors (Lipinski definition) is 1. The Labute approximate surface area is 95.3 Å². The van der Waals surface area contributed by atoms with Crippen LogP contribution in [0.1, 0.15) is 26.7 Å². The molecular formula is C13H16O3. The van der Waals surface area contributed by atoms with Gasteiger partial charge >= 0.3 is 0 Å². The molecule has 16 heavy (non-hydrogen) atoms. The van der Waals surface area contributed by atoms with E-state index in [0.717, 1.165) is 6.42 Å². The number of hydrogen-bond acceptors (Lipinski definition) is 3. The molecule has 1 N–H and O–H groups in total. The third-order valence-corrected chi connectivity index (χ3v) is 2.63. The van der Waals surface area contributed by atoms with Crippen LogP contribution in [0.2, 0.25) is 0 Å². The average Bonchev–Trinajstić information content (AvgIpc) is 2.28. The van der Waals surface area contributed by atoms with Crippen molar-refractivity contribution in [1.29, 1.82) is 0 Å². The lowest BCUT2D eigenvalue weighted by atomic mass is 9.98. The normalized spacial score (nSPS) is 17.6. The standard InChI is InChI=1S/C13H16O3/c1-3-8-13(2,14)12-9-15-10-6-4-5-7-11(10)16-12/h4-7,9,14H,3,8H2,1-2H3. The highest BCUT2D eigenvalue weighted by atomic mass is 16.6. The molecule has 0 aliphatic carbocycles. The molecule has 2 rings (SSSR count). The maximum atomic E-state index is 10.2. The second kappa shape index (κ2) is 4.18. The van der Waals surface area contributed by atoms with E-state index in [4.69, 9.17) is 9.47 Å². The molecule has 0 saturated carbocycles. The van der Waals surface area contributed by atoms with Crippen molar-refractivity contribution in [3.8, 4) is 11.5 Å². The molecule has 0 fully saturated rings. The lowest BCUT2D eigenvalue weighted by Gasteiger charge is -2.28. The van der Waals surface area contributed by atoms with Crippen molar-refractivity contribution in [1.82, 2.24) is 0 Å². The van der Waals surface area contributed by atoms with E-state index in [9.17, 15) is 5.11 Å². The van der Waals surface area contributed by atoms with E-state index in [-0.39, 0.29) is 0 Å². The molecule has 1 aromatic carbocycles. The Kier molecular flexibility index (Phi) is 2.88. The van der Waals surface area contributed by atoms with Crippen LogP contribution in [-0.4, -0.2) is 10.7 Å². The lowest BCUT2D eigenvalue weighted by Crippen LogP contribution is -2.31. The molecule has 1 unspecified atom stereocenters. The number of fused-ring (bicyclic) bond motifs is 1. The Morgan fingerprint density at radius 2 is 1.94 bits per heavy atom. The molecule has 0 radical (unpaired) electrons. The lowest BCUT2D eigenvalue weighted by molar-refractivity contribution is 0.0424. The number of para-hydroxylation sites is 2. The van der Waals surface area contributed by atoms with Crippen LogP contribution in [0, 0.1) is 0 Å². The summed E-state index contributed by atoms with van der Waals surface area (Å²) >= 11 is 0. The number of rotatable bonds is 3. The van der Waals surface area contributed by atoms with Crippen LogP contribution in [0.3, 0.4) is 0 Å². The Balaban J connectivity index is 2.20. The van der Waals surface area contributed by atoms with E-state index in [1.165, 1.54) is 6.26 Å². The minimum absolute atomic E-state index is 0.466. The Bertz CT molecular complexity index is 407. The highest BCUT2D eigenvalue weighted by molar-refractivity contribution is 5.43. The van der Waals surface area contributed by atoms with Crippen molar-refractivity contribution in [2.45, 2.75) is 32.3 Å². The zero-order valence-corrected chi connectivity index (χ0v) is 9.56. The predicted octanol–water partition coefficient (Wildman–Crippen LogP) is 2.85. The van der Waals surface area contributed by atoms with Gasteiger partial charge in [0, 0.05) is 0 Å². The zero-order valence-electron chi connectivity index (χ0n) is 9.56. The fraction of sp³-hybridized carbons (Fsp3) is 0.385. The van der Waals surface area contributed by atoms with Gasteiger partial charge < -0.3 is 14.6 Å². The van der Waals surface area contributed by atoms with Crippen molar-refractivity contribution in [2.75, 3.05) is 0 Å². The first-order valence-corrected chi connectivity index (χ1v) is 5.50. The van der Waals surface area contributed by atoms with E-state index in [1.54, 1.807) is 6.92 Å². The molecule has 3 heteroatoms. The number of aliphatic hydroxyl groups is 1. The van der Waals surface area contributed by atoms with Gasteiger partial charge in [0.05, 0.1) is 0 Å². The van der Waals surface area contributed by atoms with Crippen LogP contribution in [0.5, 0.6) is 11.5 Å². The van der Waals surface area contributed by atoms with Gasteiger partial charge in [0.15, 0.2) is 17.3 Å². The summed E-state index contributed by atoms with van der Waals surface area (Å²) in [5, 5.41) is 10.2. The summed E-state index contributed by atoms with van der Waals surface area (Å²) in [5.74, 6) is 1.79. The fourth-order valence-corrected chi connectivity index (χ4v) is 1.74. The van der Waals surface area contributed by atoms with E-state index in [2.05, 4.69) is 0 Å². The summed E-state index contributed by atoms with van der Waals surface area (Å²) in [7, 11) is 0. The summed E-state index contributed by atoms with van der Waals surface area (Å²) in [6.07, 6.45) is 3.01. The minimum Gasteiger partial charge on any atom is -0.457 e. The second-order valence-electron chi connectivity index (χ2n) is 4.17. The second-order valence-corrected chi connectivity index (χ2v) is 4.17. The molecule has 86 valence electrons. The maximum Gasteiger partial charge on any atom is 0.170 e. The van der Waals surface area contributed by atoms with Gasteiger partial charge in [0.2, 0.25) is 0 Å². The third kappa shape index (κ3) is 2.04. The van der Waals surface area contributed by atoms with Gasteiger partial charge in [-0.05, 0) is 25.5 Å². The van der Waals surface area contributed by atoms with Gasteiger partial charge in [-0.15, -0.1) is 0 Å². The van der Waals surface area contributed by atoms with Crippen LogP contribution in [0.4, 0.5) is 0 Å². The van der Waals surface area contributed by atoms with E-state index in [1.807, 2.05) is 31.2 Å². The topological polar surface area (TPSA) is 38.7 Å². The molecule has 1 atom stereocenters. The van der Waals surface area contributed by atoms with Crippen LogP contribution >= 0.6 is 0 Å². The van der Waals surface area contributed by atoms with Gasteiger partial charge in [0.1, 0.15) is 11.9 Å². The van der Waals surface area contributed by atoms with Gasteiger partial charge in [-0.3, -0.25) is 0 Å². The molecule has 0 bridgehead atoms. The van der Waals surface area contributed by atoms with Crippen molar-refractivity contribution < 1.29 is 14.6 Å². The summed E-state index contributed by atoms with van der Waals surface area (Å²) in [6, 6.07) is 7.41. The first-order chi connectivity index (χ1) is 7.63. The smallest absolute Gasteiger partial charge is 0.170 e. The van der Waals surface area contributed by atoms with Crippen molar-refractivity contribution in [3.05, 3.63) is 36.3 Å². The van der Waals surface area contributed by atoms with Crippen LogP contribution in [0.25, 0.3) is 0 Å². The summed E-state index contributed by atoms with van der Waals surface area (Å²) in [6.45, 7) is 3.76. The molecule has 0 spiro atoms. The first-order valence-electron chi connectivity index (χ1n) is 5.50. The highest BCUT2D eigenvalue weighted by Crippen LogP contribution is 2.35. The number of ether oxygens (including phenoxy) is 2. The summed E-state index contributed by atoms with van der Waals surface area (Å²) < 4.78 is 11.1. The first kappa shape index (κ1) is 11.0. The molecule has 1 aliphatic heterocycles. The van der Waals surface area contributed by atoms with Gasteiger partial charge in [0.25, 0.3) is 0 Å². The van der Waals surface area contributed by atoms with E-state index < -0.39 is 5.60 Å². The van der Waals surface area contributed by atoms with Crippen molar-refractivity contribution in [2.24, 2.45) is 0 Å². The fourth-order valence-electron chi connectivity index (χ4n) is 1.74. The zero-order chi connectivity index (χ0) is 11.6. The molecule has 1 aromatic rings. The molecule has 0 aromatic heterocycles. The van der Waals surface area contributed by atoms with E-state index >= 15 is 0 Å². The highest BCUT2D eigenvalue weighted by Gasteiger charge is 2.30. The van der Waals surface area contributed by atoms with Crippen LogP contribution < -0.4 is 9.47 Å². The Morgan fingerprint density at radius 1 is 1.25 bits per heavy atom. The molecule has 1 heterocycles. The summed E-state index contributed by atoms with van der Waals surface area (Å²) in [4.78, 5) is 0. The average molecular weight is 220 g/mol. The molecule has 0 amide bonds. The Morgan fingerprint density at radius 3 is 2.62 bits per heavy atom. The third-order valence-electron chi connectivity index (χ3n) is 2.63. The van der Waals surface area contributed by atoms with Gasteiger partial charge in [-0.2, -0.15) is 0 Å². The minimum atomic E-state index is -0.970. The molecule has 0 saturated heterocycles. The van der Waals surface area contributed by atoms with Crippen molar-refractivity contribution in [3.63, 3.8) is 0 Å².